The van der Waals surface area contributed by atoms with Gasteiger partial charge < -0.3 is 9.47 Å². The predicted molar refractivity (Wildman–Crippen MR) is 114 cm³/mol. The van der Waals surface area contributed by atoms with Gasteiger partial charge in [0.1, 0.15) is 11.2 Å². The van der Waals surface area contributed by atoms with Crippen LogP contribution < -0.4 is 4.90 Å². The van der Waals surface area contributed by atoms with E-state index in [1.54, 1.807) is 47.6 Å². The van der Waals surface area contributed by atoms with E-state index in [4.69, 9.17) is 9.47 Å². The fraction of sp³-hybridized carbons (Fsp3) is 0.600. The van der Waals surface area contributed by atoms with Crippen molar-refractivity contribution in [3.63, 3.8) is 0 Å². The van der Waals surface area contributed by atoms with Crippen LogP contribution in [0.25, 0.3) is 0 Å². The molecule has 0 atom stereocenters. The third-order valence-corrected chi connectivity index (χ3v) is 6.39. The summed E-state index contributed by atoms with van der Waals surface area (Å²) < 4.78 is 11.2. The van der Waals surface area contributed by atoms with Crippen LogP contribution in [-0.4, -0.2) is 34.9 Å². The number of hydrogen-bond donors (Lipinski definition) is 0. The second kappa shape index (κ2) is 8.78. The number of benzene rings is 1. The monoisotopic (exact) mass is 411 g/mol. The van der Waals surface area contributed by atoms with Gasteiger partial charge in [-0.1, -0.05) is 18.2 Å². The minimum atomic E-state index is -0.727. The summed E-state index contributed by atoms with van der Waals surface area (Å²) in [6.07, 6.45) is -0.291. The normalized spacial score (nSPS) is 15.9. The van der Waals surface area contributed by atoms with Crippen molar-refractivity contribution >= 4 is 41.4 Å². The zero-order valence-electron chi connectivity index (χ0n) is 16.9. The van der Waals surface area contributed by atoms with Crippen molar-refractivity contribution in [3.8, 4) is 0 Å². The van der Waals surface area contributed by atoms with E-state index in [-0.39, 0.29) is 4.58 Å². The summed E-state index contributed by atoms with van der Waals surface area (Å²) in [4.78, 5) is 26.9. The van der Waals surface area contributed by atoms with Gasteiger partial charge in [-0.2, -0.15) is 4.90 Å². The van der Waals surface area contributed by atoms with Gasteiger partial charge in [-0.15, -0.1) is 23.5 Å². The van der Waals surface area contributed by atoms with Crippen molar-refractivity contribution in [2.75, 3.05) is 16.4 Å². The van der Waals surface area contributed by atoms with Gasteiger partial charge >= 0.3 is 12.2 Å². The number of carbonyl (C=O) groups excluding carboxylic acids is 2. The molecule has 1 aromatic rings. The Morgan fingerprint density at radius 3 is 1.89 bits per heavy atom. The molecule has 1 aliphatic rings. The van der Waals surface area contributed by atoms with Crippen LogP contribution in [0.5, 0.6) is 0 Å². The van der Waals surface area contributed by atoms with Crippen molar-refractivity contribution in [2.24, 2.45) is 0 Å². The van der Waals surface area contributed by atoms with Gasteiger partial charge in [-0.25, -0.2) is 9.59 Å². The lowest BCUT2D eigenvalue weighted by atomic mass is 10.1. The number of ether oxygens (including phenoxy) is 2. The van der Waals surface area contributed by atoms with Gasteiger partial charge in [-0.3, -0.25) is 0 Å². The first-order valence-corrected chi connectivity index (χ1v) is 11.2. The second-order valence-electron chi connectivity index (χ2n) is 8.28. The summed E-state index contributed by atoms with van der Waals surface area (Å²) in [5.74, 6) is 2.12. The van der Waals surface area contributed by atoms with Crippen LogP contribution in [0.1, 0.15) is 58.1 Å². The molecule has 0 saturated carbocycles. The van der Waals surface area contributed by atoms with Crippen molar-refractivity contribution < 1.29 is 19.1 Å². The van der Waals surface area contributed by atoms with Gasteiger partial charge in [0.05, 0.1) is 10.3 Å². The highest BCUT2D eigenvalue weighted by Crippen LogP contribution is 2.47. The molecule has 27 heavy (non-hydrogen) atoms. The topological polar surface area (TPSA) is 55.8 Å². The molecule has 0 aromatic heterocycles. The maximum atomic E-state index is 12.9. The fourth-order valence-corrected chi connectivity index (χ4v) is 5.40. The lowest BCUT2D eigenvalue weighted by molar-refractivity contribution is 0.0430. The highest BCUT2D eigenvalue weighted by molar-refractivity contribution is 8.16. The summed E-state index contributed by atoms with van der Waals surface area (Å²) in [5, 5.41) is 0. The standard InChI is InChI=1S/C20H29NO4S2/c1-19(2,3)24-17(22)21(18(23)25-20(4,5)6)15-11-8-7-10-14(15)16-26-12-9-13-27-16/h7-8,10-11,16H,9,12-13H2,1-6H3. The number of rotatable bonds is 2. The summed E-state index contributed by atoms with van der Waals surface area (Å²) >= 11 is 3.66. The molecule has 0 N–H and O–H groups in total. The molecule has 2 amide bonds. The lowest BCUT2D eigenvalue weighted by Crippen LogP contribution is -2.44. The smallest absolute Gasteiger partial charge is 0.424 e. The summed E-state index contributed by atoms with van der Waals surface area (Å²) in [5.41, 5.74) is 0.0122. The zero-order chi connectivity index (χ0) is 20.2. The molecule has 0 aliphatic carbocycles. The van der Waals surface area contributed by atoms with Crippen LogP contribution in [0.15, 0.2) is 24.3 Å². The molecule has 1 heterocycles. The summed E-state index contributed by atoms with van der Waals surface area (Å²) in [6.45, 7) is 10.6. The molecule has 7 heteroatoms. The number of nitrogens with zero attached hydrogens (tertiary/aromatic N) is 1. The maximum absolute atomic E-state index is 12.9. The quantitative estimate of drug-likeness (QED) is 0.575. The van der Waals surface area contributed by atoms with E-state index in [1.165, 1.54) is 0 Å². The Morgan fingerprint density at radius 2 is 1.41 bits per heavy atom. The van der Waals surface area contributed by atoms with Crippen LogP contribution in [0.4, 0.5) is 15.3 Å². The van der Waals surface area contributed by atoms with Gasteiger partial charge in [-0.05, 0) is 71.1 Å². The van der Waals surface area contributed by atoms with Gasteiger partial charge in [0.25, 0.3) is 0 Å². The Bertz CT molecular complexity index is 645. The third-order valence-electron chi connectivity index (χ3n) is 3.41. The van der Waals surface area contributed by atoms with Crippen molar-refractivity contribution in [2.45, 2.75) is 63.7 Å². The average molecular weight is 412 g/mol. The predicted octanol–water partition coefficient (Wildman–Crippen LogP) is 6.23. The van der Waals surface area contributed by atoms with E-state index in [2.05, 4.69) is 0 Å². The van der Waals surface area contributed by atoms with Crippen LogP contribution >= 0.6 is 23.5 Å². The van der Waals surface area contributed by atoms with Gasteiger partial charge in [0.2, 0.25) is 0 Å². The highest BCUT2D eigenvalue weighted by atomic mass is 32.2. The minimum Gasteiger partial charge on any atom is -0.443 e. The van der Waals surface area contributed by atoms with Crippen molar-refractivity contribution in [3.05, 3.63) is 29.8 Å². The SMILES string of the molecule is CC(C)(C)OC(=O)N(C(=O)OC(C)(C)C)c1ccccc1C1SCCCS1. The molecule has 1 aromatic carbocycles. The Hall–Kier alpha value is -1.34. The first-order valence-electron chi connectivity index (χ1n) is 9.06. The Kier molecular flexibility index (Phi) is 7.14. The Labute approximate surface area is 170 Å². The molecule has 0 unspecified atom stereocenters. The van der Waals surface area contributed by atoms with E-state index in [9.17, 15) is 9.59 Å². The number of carbonyl (C=O) groups is 2. The van der Waals surface area contributed by atoms with E-state index < -0.39 is 23.4 Å². The van der Waals surface area contributed by atoms with Crippen LogP contribution in [0.2, 0.25) is 0 Å². The first kappa shape index (κ1) is 22.0. The number of anilines is 1. The fourth-order valence-electron chi connectivity index (χ4n) is 2.44. The molecular weight excluding hydrogens is 382 g/mol. The molecule has 2 rings (SSSR count). The summed E-state index contributed by atoms with van der Waals surface area (Å²) in [7, 11) is 0. The third kappa shape index (κ3) is 6.64. The average Bonchev–Trinajstić information content (AvgIpc) is 2.53. The summed E-state index contributed by atoms with van der Waals surface area (Å²) in [6, 6.07) is 7.49. The molecule has 5 nitrogen and oxygen atoms in total. The number of amides is 2. The molecule has 0 spiro atoms. The van der Waals surface area contributed by atoms with E-state index in [1.807, 2.05) is 41.7 Å². The molecule has 1 aliphatic heterocycles. The molecule has 0 bridgehead atoms. The zero-order valence-corrected chi connectivity index (χ0v) is 18.5. The van der Waals surface area contributed by atoms with E-state index in [0.717, 1.165) is 28.4 Å². The van der Waals surface area contributed by atoms with Crippen LogP contribution in [0.3, 0.4) is 0 Å². The minimum absolute atomic E-state index is 0.169. The van der Waals surface area contributed by atoms with Crippen molar-refractivity contribution in [1.29, 1.82) is 0 Å². The molecular formula is C20H29NO4S2. The highest BCUT2D eigenvalue weighted by Gasteiger charge is 2.35. The first-order chi connectivity index (χ1) is 12.5. The van der Waals surface area contributed by atoms with Crippen LogP contribution in [-0.2, 0) is 9.47 Å². The second-order valence-corrected chi connectivity index (χ2v) is 11.0. The largest absolute Gasteiger partial charge is 0.443 e. The van der Waals surface area contributed by atoms with E-state index in [0.29, 0.717) is 5.69 Å². The molecule has 150 valence electrons. The molecule has 1 fully saturated rings. The molecule has 1 saturated heterocycles. The Balaban J connectivity index is 2.43. The lowest BCUT2D eigenvalue weighted by Gasteiger charge is -2.31. The van der Waals surface area contributed by atoms with E-state index >= 15 is 0 Å². The maximum Gasteiger partial charge on any atom is 0.424 e. The van der Waals surface area contributed by atoms with Crippen LogP contribution in [0, 0.1) is 0 Å². The Morgan fingerprint density at radius 1 is 0.926 bits per heavy atom. The van der Waals surface area contributed by atoms with Crippen molar-refractivity contribution in [1.82, 2.24) is 0 Å². The number of thioether (sulfide) groups is 2. The van der Waals surface area contributed by atoms with Gasteiger partial charge in [0.15, 0.2) is 0 Å². The number of imide groups is 1. The molecule has 0 radical (unpaired) electrons. The number of hydrogen-bond acceptors (Lipinski definition) is 6. The van der Waals surface area contributed by atoms with Gasteiger partial charge in [0, 0.05) is 0 Å². The number of para-hydroxylation sites is 1.